The topological polar surface area (TPSA) is 71.1 Å². The zero-order chi connectivity index (χ0) is 17.4. The highest BCUT2D eigenvalue weighted by Gasteiger charge is 2.20. The van der Waals surface area contributed by atoms with Gasteiger partial charge in [-0.1, -0.05) is 0 Å². The van der Waals surface area contributed by atoms with Gasteiger partial charge in [-0.25, -0.2) is 9.59 Å². The van der Waals surface area contributed by atoms with Crippen LogP contribution in [-0.2, 0) is 19.0 Å². The molecule has 0 saturated carbocycles. The van der Waals surface area contributed by atoms with Crippen LogP contribution in [0.15, 0.2) is 24.3 Å². The summed E-state index contributed by atoms with van der Waals surface area (Å²) in [5.41, 5.74) is 0.412. The van der Waals surface area contributed by atoms with Gasteiger partial charge in [0.05, 0.1) is 24.9 Å². The summed E-state index contributed by atoms with van der Waals surface area (Å²) in [4.78, 5) is 23.6. The van der Waals surface area contributed by atoms with Crippen LogP contribution in [0.2, 0.25) is 0 Å². The van der Waals surface area contributed by atoms with E-state index in [4.69, 9.17) is 18.9 Å². The van der Waals surface area contributed by atoms with Gasteiger partial charge in [-0.2, -0.15) is 0 Å². The molecule has 0 aliphatic carbocycles. The van der Waals surface area contributed by atoms with E-state index in [9.17, 15) is 9.59 Å². The molecule has 0 radical (unpaired) electrons. The quantitative estimate of drug-likeness (QED) is 0.563. The summed E-state index contributed by atoms with van der Waals surface area (Å²) >= 11 is 0. The number of carbonyl (C=O) groups excluding carboxylic acids is 2. The highest BCUT2D eigenvalue weighted by Crippen LogP contribution is 2.16. The predicted molar refractivity (Wildman–Crippen MR) is 87.0 cm³/mol. The van der Waals surface area contributed by atoms with Gasteiger partial charge in [-0.05, 0) is 57.4 Å². The summed E-state index contributed by atoms with van der Waals surface area (Å²) in [5, 5.41) is 0. The minimum atomic E-state index is -0.680. The van der Waals surface area contributed by atoms with Crippen molar-refractivity contribution in [2.45, 2.75) is 45.3 Å². The number of esters is 2. The molecule has 0 amide bonds. The summed E-state index contributed by atoms with van der Waals surface area (Å²) in [6.45, 7) is 4.85. The van der Waals surface area contributed by atoms with Crippen LogP contribution in [-0.4, -0.2) is 44.0 Å². The van der Waals surface area contributed by atoms with Crippen molar-refractivity contribution in [2.75, 3.05) is 19.8 Å². The Morgan fingerprint density at radius 2 is 2.00 bits per heavy atom. The molecule has 2 unspecified atom stereocenters. The minimum Gasteiger partial charge on any atom is -0.462 e. The van der Waals surface area contributed by atoms with Crippen LogP contribution in [0.3, 0.4) is 0 Å². The second kappa shape index (κ2) is 9.39. The van der Waals surface area contributed by atoms with E-state index in [1.807, 2.05) is 0 Å². The van der Waals surface area contributed by atoms with Crippen molar-refractivity contribution in [2.24, 2.45) is 0 Å². The molecule has 1 heterocycles. The molecule has 1 aromatic rings. The highest BCUT2D eigenvalue weighted by molar-refractivity contribution is 5.89. The van der Waals surface area contributed by atoms with Gasteiger partial charge >= 0.3 is 11.9 Å². The monoisotopic (exact) mass is 336 g/mol. The fraction of sp³-hybridized carbons (Fsp3) is 0.556. The summed E-state index contributed by atoms with van der Waals surface area (Å²) in [7, 11) is 0. The summed E-state index contributed by atoms with van der Waals surface area (Å²) in [6, 6.07) is 6.23. The van der Waals surface area contributed by atoms with E-state index < -0.39 is 18.0 Å². The molecule has 1 aliphatic rings. The van der Waals surface area contributed by atoms with Gasteiger partial charge in [-0.15, -0.1) is 0 Å². The van der Waals surface area contributed by atoms with Crippen molar-refractivity contribution in [1.29, 1.82) is 0 Å². The fourth-order valence-electron chi connectivity index (χ4n) is 2.33. The first-order chi connectivity index (χ1) is 11.6. The number of carbonyl (C=O) groups is 2. The third-order valence-corrected chi connectivity index (χ3v) is 3.72. The first-order valence-corrected chi connectivity index (χ1v) is 8.32. The third-order valence-electron chi connectivity index (χ3n) is 3.72. The number of ether oxygens (including phenoxy) is 4. The Labute approximate surface area is 142 Å². The molecule has 6 heteroatoms. The predicted octanol–water partition coefficient (Wildman–Crippen LogP) is 2.74. The molecule has 0 bridgehead atoms. The number of hydrogen-bond donors (Lipinski definition) is 0. The fourth-order valence-corrected chi connectivity index (χ4v) is 2.33. The van der Waals surface area contributed by atoms with E-state index >= 15 is 0 Å². The Kier molecular flexibility index (Phi) is 7.21. The Morgan fingerprint density at radius 3 is 2.62 bits per heavy atom. The van der Waals surface area contributed by atoms with Crippen LogP contribution in [0, 0.1) is 0 Å². The zero-order valence-electron chi connectivity index (χ0n) is 14.2. The van der Waals surface area contributed by atoms with Crippen molar-refractivity contribution < 1.29 is 28.5 Å². The first kappa shape index (κ1) is 18.4. The van der Waals surface area contributed by atoms with E-state index in [0.29, 0.717) is 24.5 Å². The van der Waals surface area contributed by atoms with E-state index in [-0.39, 0.29) is 6.10 Å². The Bertz CT molecular complexity index is 533. The molecule has 1 aromatic carbocycles. The van der Waals surface area contributed by atoms with E-state index in [1.54, 1.807) is 38.1 Å². The van der Waals surface area contributed by atoms with Crippen molar-refractivity contribution in [3.63, 3.8) is 0 Å². The normalized spacial score (nSPS) is 18.7. The van der Waals surface area contributed by atoms with Crippen LogP contribution in [0.1, 0.15) is 43.5 Å². The lowest BCUT2D eigenvalue weighted by atomic mass is 10.1. The number of hydrogen-bond acceptors (Lipinski definition) is 6. The Morgan fingerprint density at radius 1 is 1.25 bits per heavy atom. The molecule has 0 N–H and O–H groups in total. The average molecular weight is 336 g/mol. The van der Waals surface area contributed by atoms with Gasteiger partial charge in [0.2, 0.25) is 0 Å². The molecule has 6 nitrogen and oxygen atoms in total. The maximum absolute atomic E-state index is 12.0. The minimum absolute atomic E-state index is 0.0536. The lowest BCUT2D eigenvalue weighted by Crippen LogP contribution is -2.31. The zero-order valence-corrected chi connectivity index (χ0v) is 14.2. The summed E-state index contributed by atoms with van der Waals surface area (Å²) < 4.78 is 21.2. The van der Waals surface area contributed by atoms with Crippen LogP contribution in [0.5, 0.6) is 5.75 Å². The van der Waals surface area contributed by atoms with Crippen molar-refractivity contribution in [1.82, 2.24) is 0 Å². The highest BCUT2D eigenvalue weighted by atomic mass is 16.6. The molecule has 1 fully saturated rings. The first-order valence-electron chi connectivity index (χ1n) is 8.32. The SMILES string of the molecule is CCOC(=O)c1ccc(OC(=O)C(C)OCC2CCCCO2)cc1. The largest absolute Gasteiger partial charge is 0.462 e. The Hall–Kier alpha value is -1.92. The number of benzene rings is 1. The molecule has 0 spiro atoms. The molecular weight excluding hydrogens is 312 g/mol. The van der Waals surface area contributed by atoms with Gasteiger partial charge in [0.1, 0.15) is 5.75 Å². The van der Waals surface area contributed by atoms with Gasteiger partial charge in [0.25, 0.3) is 0 Å². The molecule has 1 aliphatic heterocycles. The van der Waals surface area contributed by atoms with Crippen molar-refractivity contribution in [3.05, 3.63) is 29.8 Å². The lowest BCUT2D eigenvalue weighted by molar-refractivity contribution is -0.149. The van der Waals surface area contributed by atoms with E-state index in [2.05, 4.69) is 0 Å². The Balaban J connectivity index is 1.79. The van der Waals surface area contributed by atoms with E-state index in [1.165, 1.54) is 0 Å². The van der Waals surface area contributed by atoms with Gasteiger partial charge in [-0.3, -0.25) is 0 Å². The van der Waals surface area contributed by atoms with Crippen LogP contribution in [0.25, 0.3) is 0 Å². The molecule has 1 saturated heterocycles. The van der Waals surface area contributed by atoms with Crippen molar-refractivity contribution >= 4 is 11.9 Å². The molecule has 2 atom stereocenters. The summed E-state index contributed by atoms with van der Waals surface area (Å²) in [6.07, 6.45) is 2.53. The maximum atomic E-state index is 12.0. The second-order valence-corrected chi connectivity index (χ2v) is 5.63. The van der Waals surface area contributed by atoms with Crippen molar-refractivity contribution in [3.8, 4) is 5.75 Å². The standard InChI is InChI=1S/C18H24O6/c1-3-21-18(20)14-7-9-15(10-8-14)24-17(19)13(2)23-12-16-6-4-5-11-22-16/h7-10,13,16H,3-6,11-12H2,1-2H3. The van der Waals surface area contributed by atoms with Gasteiger partial charge < -0.3 is 18.9 Å². The second-order valence-electron chi connectivity index (χ2n) is 5.63. The smallest absolute Gasteiger partial charge is 0.340 e. The van der Waals surface area contributed by atoms with Gasteiger partial charge in [0.15, 0.2) is 6.10 Å². The van der Waals surface area contributed by atoms with Crippen LogP contribution < -0.4 is 4.74 Å². The molecular formula is C18H24O6. The summed E-state index contributed by atoms with van der Waals surface area (Å²) in [5.74, 6) is -0.522. The van der Waals surface area contributed by atoms with Crippen LogP contribution >= 0.6 is 0 Å². The third kappa shape index (κ3) is 5.62. The molecule has 132 valence electrons. The maximum Gasteiger partial charge on any atom is 0.340 e. The molecule has 24 heavy (non-hydrogen) atoms. The van der Waals surface area contributed by atoms with Gasteiger partial charge in [0, 0.05) is 6.61 Å². The lowest BCUT2D eigenvalue weighted by Gasteiger charge is -2.23. The van der Waals surface area contributed by atoms with E-state index in [0.717, 1.165) is 25.9 Å². The van der Waals surface area contributed by atoms with Crippen LogP contribution in [0.4, 0.5) is 0 Å². The average Bonchev–Trinajstić information content (AvgIpc) is 2.61. The molecule has 2 rings (SSSR count). The molecule has 0 aromatic heterocycles. The number of rotatable bonds is 7.